The summed E-state index contributed by atoms with van der Waals surface area (Å²) in [6.45, 7) is 4.33. The lowest BCUT2D eigenvalue weighted by atomic mass is 10.0. The number of nitrogens with one attached hydrogen (secondary N) is 1. The van der Waals surface area contributed by atoms with Gasteiger partial charge in [-0.1, -0.05) is 18.2 Å². The zero-order valence-corrected chi connectivity index (χ0v) is 16.0. The Morgan fingerprint density at radius 1 is 1.03 bits per heavy atom. The number of pyridine rings is 2. The molecule has 1 aliphatic heterocycles. The molecule has 6 heteroatoms. The molecular formula is C23H22N4O2. The molecular weight excluding hydrogens is 364 g/mol. The van der Waals surface area contributed by atoms with Crippen molar-refractivity contribution in [2.24, 2.45) is 0 Å². The molecule has 3 aromatic heterocycles. The Balaban J connectivity index is 1.48. The van der Waals surface area contributed by atoms with Gasteiger partial charge in [0.15, 0.2) is 5.88 Å². The summed E-state index contributed by atoms with van der Waals surface area (Å²) in [6, 6.07) is 14.1. The van der Waals surface area contributed by atoms with E-state index in [0.717, 1.165) is 71.7 Å². The van der Waals surface area contributed by atoms with E-state index in [1.54, 1.807) is 6.20 Å². The van der Waals surface area contributed by atoms with Gasteiger partial charge in [-0.25, -0.2) is 0 Å². The summed E-state index contributed by atoms with van der Waals surface area (Å²) in [7, 11) is 0. The second-order valence-electron chi connectivity index (χ2n) is 7.29. The Kier molecular flexibility index (Phi) is 4.71. The molecule has 146 valence electrons. The topological polar surface area (TPSA) is 74.3 Å². The van der Waals surface area contributed by atoms with Crippen molar-refractivity contribution in [1.29, 1.82) is 0 Å². The Morgan fingerprint density at radius 3 is 2.69 bits per heavy atom. The van der Waals surface area contributed by atoms with Gasteiger partial charge < -0.3 is 14.8 Å². The highest BCUT2D eigenvalue weighted by atomic mass is 16.5. The summed E-state index contributed by atoms with van der Waals surface area (Å²) in [5.41, 5.74) is 5.60. The standard InChI is InChI=1S/C23H22N4O2/c28-23-22(21-5-3-16(13-25-21)15-27-8-10-29-11-9-27)19-12-17(4-6-20(19)26-23)18-2-1-7-24-14-18/h1-7,12-14,26,28H,8-11,15H2. The third kappa shape index (κ3) is 3.60. The second kappa shape index (κ2) is 7.66. The highest BCUT2D eigenvalue weighted by Gasteiger charge is 2.16. The monoisotopic (exact) mass is 386 g/mol. The molecule has 0 amide bonds. The molecule has 0 atom stereocenters. The van der Waals surface area contributed by atoms with Crippen molar-refractivity contribution in [3.63, 3.8) is 0 Å². The van der Waals surface area contributed by atoms with Gasteiger partial charge in [-0.3, -0.25) is 14.9 Å². The van der Waals surface area contributed by atoms with Gasteiger partial charge in [-0.15, -0.1) is 0 Å². The maximum atomic E-state index is 10.5. The Hall–Kier alpha value is -3.22. The summed E-state index contributed by atoms with van der Waals surface area (Å²) in [5.74, 6) is 0.136. The van der Waals surface area contributed by atoms with Gasteiger partial charge in [-0.05, 0) is 35.4 Å². The second-order valence-corrected chi connectivity index (χ2v) is 7.29. The fourth-order valence-electron chi connectivity index (χ4n) is 3.83. The summed E-state index contributed by atoms with van der Waals surface area (Å²) in [6.07, 6.45) is 5.50. The number of H-pyrrole nitrogens is 1. The molecule has 1 saturated heterocycles. The highest BCUT2D eigenvalue weighted by molar-refractivity contribution is 6.00. The minimum absolute atomic E-state index is 0.136. The number of aromatic amines is 1. The smallest absolute Gasteiger partial charge is 0.199 e. The molecule has 0 radical (unpaired) electrons. The van der Waals surface area contributed by atoms with E-state index < -0.39 is 0 Å². The van der Waals surface area contributed by atoms with Crippen molar-refractivity contribution in [3.8, 4) is 28.3 Å². The minimum atomic E-state index is 0.136. The zero-order valence-electron chi connectivity index (χ0n) is 16.0. The van der Waals surface area contributed by atoms with Gasteiger partial charge in [0, 0.05) is 54.7 Å². The highest BCUT2D eigenvalue weighted by Crippen LogP contribution is 2.37. The maximum absolute atomic E-state index is 10.5. The Labute approximate surface area is 168 Å². The van der Waals surface area contributed by atoms with Crippen LogP contribution < -0.4 is 0 Å². The number of rotatable bonds is 4. The lowest BCUT2D eigenvalue weighted by molar-refractivity contribution is 0.0341. The van der Waals surface area contributed by atoms with Crippen LogP contribution in [0.2, 0.25) is 0 Å². The predicted molar refractivity (Wildman–Crippen MR) is 113 cm³/mol. The van der Waals surface area contributed by atoms with Gasteiger partial charge in [0.25, 0.3) is 0 Å². The van der Waals surface area contributed by atoms with Crippen LogP contribution in [0.1, 0.15) is 5.56 Å². The molecule has 1 aliphatic rings. The normalized spacial score (nSPS) is 15.0. The first-order valence-electron chi connectivity index (χ1n) is 9.78. The van der Waals surface area contributed by atoms with Gasteiger partial charge >= 0.3 is 0 Å². The first kappa shape index (κ1) is 17.8. The fourth-order valence-corrected chi connectivity index (χ4v) is 3.83. The van der Waals surface area contributed by atoms with Crippen LogP contribution in [0, 0.1) is 0 Å². The van der Waals surface area contributed by atoms with Crippen LogP contribution >= 0.6 is 0 Å². The number of aromatic nitrogens is 3. The van der Waals surface area contributed by atoms with Crippen molar-refractivity contribution >= 4 is 10.9 Å². The third-order valence-electron chi connectivity index (χ3n) is 5.36. The van der Waals surface area contributed by atoms with E-state index in [-0.39, 0.29) is 5.88 Å². The Morgan fingerprint density at radius 2 is 1.93 bits per heavy atom. The molecule has 0 unspecified atom stereocenters. The number of fused-ring (bicyclic) bond motifs is 1. The SMILES string of the molecule is Oc1[nH]c2ccc(-c3cccnc3)cc2c1-c1ccc(CN2CCOCC2)cn1. The predicted octanol–water partition coefficient (Wildman–Crippen LogP) is 3.83. The van der Waals surface area contributed by atoms with Crippen molar-refractivity contribution in [2.45, 2.75) is 6.54 Å². The first-order valence-corrected chi connectivity index (χ1v) is 9.78. The maximum Gasteiger partial charge on any atom is 0.199 e. The molecule has 29 heavy (non-hydrogen) atoms. The van der Waals surface area contributed by atoms with Crippen LogP contribution in [0.15, 0.2) is 61.1 Å². The summed E-state index contributed by atoms with van der Waals surface area (Å²) >= 11 is 0. The summed E-state index contributed by atoms with van der Waals surface area (Å²) < 4.78 is 5.41. The number of hydrogen-bond donors (Lipinski definition) is 2. The van der Waals surface area contributed by atoms with Gasteiger partial charge in [-0.2, -0.15) is 0 Å². The van der Waals surface area contributed by atoms with E-state index in [0.29, 0.717) is 0 Å². The molecule has 6 nitrogen and oxygen atoms in total. The number of benzene rings is 1. The lowest BCUT2D eigenvalue weighted by Gasteiger charge is -2.26. The molecule has 1 aromatic carbocycles. The van der Waals surface area contributed by atoms with Gasteiger partial charge in [0.2, 0.25) is 0 Å². The van der Waals surface area contributed by atoms with Crippen LogP contribution in [0.4, 0.5) is 0 Å². The van der Waals surface area contributed by atoms with E-state index in [1.165, 1.54) is 0 Å². The van der Waals surface area contributed by atoms with Crippen LogP contribution in [-0.4, -0.2) is 51.3 Å². The van der Waals surface area contributed by atoms with Crippen molar-refractivity contribution in [2.75, 3.05) is 26.3 Å². The largest absolute Gasteiger partial charge is 0.494 e. The molecule has 4 aromatic rings. The van der Waals surface area contributed by atoms with Crippen molar-refractivity contribution in [1.82, 2.24) is 19.9 Å². The lowest BCUT2D eigenvalue weighted by Crippen LogP contribution is -2.35. The third-order valence-corrected chi connectivity index (χ3v) is 5.36. The van der Waals surface area contributed by atoms with Gasteiger partial charge in [0.05, 0.1) is 24.5 Å². The van der Waals surface area contributed by atoms with Gasteiger partial charge in [0.1, 0.15) is 0 Å². The molecule has 0 aliphatic carbocycles. The van der Waals surface area contributed by atoms with E-state index in [1.807, 2.05) is 42.7 Å². The molecule has 4 heterocycles. The molecule has 0 spiro atoms. The minimum Gasteiger partial charge on any atom is -0.494 e. The zero-order chi connectivity index (χ0) is 19.6. The summed E-state index contributed by atoms with van der Waals surface area (Å²) in [5, 5.41) is 11.5. The summed E-state index contributed by atoms with van der Waals surface area (Å²) in [4.78, 5) is 14.3. The molecule has 0 saturated carbocycles. The number of ether oxygens (including phenoxy) is 1. The van der Waals surface area contributed by atoms with Crippen molar-refractivity contribution < 1.29 is 9.84 Å². The quantitative estimate of drug-likeness (QED) is 0.558. The Bertz CT molecular complexity index is 1120. The van der Waals surface area contributed by atoms with E-state index >= 15 is 0 Å². The first-order chi connectivity index (χ1) is 14.3. The number of morpholine rings is 1. The number of hydrogen-bond acceptors (Lipinski definition) is 5. The number of aromatic hydroxyl groups is 1. The van der Waals surface area contributed by atoms with Crippen molar-refractivity contribution in [3.05, 3.63) is 66.6 Å². The molecule has 2 N–H and O–H groups in total. The van der Waals surface area contributed by atoms with Crippen LogP contribution in [-0.2, 0) is 11.3 Å². The van der Waals surface area contributed by atoms with E-state index in [9.17, 15) is 5.11 Å². The van der Waals surface area contributed by atoms with Crippen LogP contribution in [0.5, 0.6) is 5.88 Å². The fraction of sp³-hybridized carbons (Fsp3) is 0.217. The van der Waals surface area contributed by atoms with E-state index in [4.69, 9.17) is 4.74 Å². The molecule has 1 fully saturated rings. The van der Waals surface area contributed by atoms with Crippen LogP contribution in [0.25, 0.3) is 33.3 Å². The average Bonchev–Trinajstić information content (AvgIpc) is 3.10. The molecule has 0 bridgehead atoms. The average molecular weight is 386 g/mol. The van der Waals surface area contributed by atoms with Crippen LogP contribution in [0.3, 0.4) is 0 Å². The number of nitrogens with zero attached hydrogens (tertiary/aromatic N) is 3. The van der Waals surface area contributed by atoms with E-state index in [2.05, 4.69) is 32.0 Å². The molecule has 5 rings (SSSR count).